The number of likely N-dealkylation sites (N-methyl/N-ethyl adjacent to an activating group) is 1. The van der Waals surface area contributed by atoms with Gasteiger partial charge in [-0.3, -0.25) is 9.58 Å². The van der Waals surface area contributed by atoms with Crippen LogP contribution in [0.5, 0.6) is 0 Å². The first kappa shape index (κ1) is 30.0. The lowest BCUT2D eigenvalue weighted by Gasteiger charge is -2.36. The second-order valence-electron chi connectivity index (χ2n) is 11.9. The number of aromatic nitrogens is 5. The Hall–Kier alpha value is -5.02. The normalized spacial score (nSPS) is 19.9. The van der Waals surface area contributed by atoms with Crippen molar-refractivity contribution in [2.75, 3.05) is 35.7 Å². The van der Waals surface area contributed by atoms with Crippen LogP contribution in [0, 0.1) is 11.3 Å². The van der Waals surface area contributed by atoms with Crippen LogP contribution in [0.25, 0.3) is 11.1 Å². The van der Waals surface area contributed by atoms with Crippen LogP contribution in [0.1, 0.15) is 43.2 Å². The fourth-order valence-electron chi connectivity index (χ4n) is 6.14. The van der Waals surface area contributed by atoms with Crippen LogP contribution in [-0.2, 0) is 13.6 Å². The second-order valence-corrected chi connectivity index (χ2v) is 11.9. The van der Waals surface area contributed by atoms with Crippen LogP contribution < -0.4 is 20.9 Å². The Labute approximate surface area is 263 Å². The zero-order valence-electron chi connectivity index (χ0n) is 25.7. The Kier molecular flexibility index (Phi) is 9.17. The van der Waals surface area contributed by atoms with Crippen molar-refractivity contribution in [3.05, 3.63) is 78.4 Å². The lowest BCUT2D eigenvalue weighted by Crippen LogP contribution is -2.49. The summed E-state index contributed by atoms with van der Waals surface area (Å²) in [4.78, 5) is 31.6. The van der Waals surface area contributed by atoms with Crippen LogP contribution in [0.15, 0.2) is 67.3 Å². The molecule has 0 spiro atoms. The van der Waals surface area contributed by atoms with Crippen LogP contribution >= 0.6 is 0 Å². The van der Waals surface area contributed by atoms with E-state index in [2.05, 4.69) is 49.0 Å². The quantitative estimate of drug-likeness (QED) is 0.253. The third-order valence-electron chi connectivity index (χ3n) is 8.57. The number of nitriles is 1. The van der Waals surface area contributed by atoms with Crippen LogP contribution in [0.4, 0.5) is 22.4 Å². The van der Waals surface area contributed by atoms with Gasteiger partial charge in [0.1, 0.15) is 23.3 Å². The molecule has 2 aliphatic rings. The molecule has 12 nitrogen and oxygen atoms in total. The molecule has 12 heteroatoms. The van der Waals surface area contributed by atoms with E-state index in [0.717, 1.165) is 61.9 Å². The van der Waals surface area contributed by atoms with Gasteiger partial charge in [0.2, 0.25) is 5.95 Å². The van der Waals surface area contributed by atoms with Crippen molar-refractivity contribution >= 4 is 23.6 Å². The minimum atomic E-state index is -0.166. The highest BCUT2D eigenvalue weighted by atomic mass is 16.2. The number of pyridine rings is 1. The molecule has 232 valence electrons. The van der Waals surface area contributed by atoms with Crippen molar-refractivity contribution in [2.45, 2.75) is 56.8 Å². The maximum absolute atomic E-state index is 13.7. The molecule has 0 bridgehead atoms. The minimum Gasteiger partial charge on any atom is -0.365 e. The van der Waals surface area contributed by atoms with Gasteiger partial charge in [-0.2, -0.15) is 15.3 Å². The van der Waals surface area contributed by atoms with Gasteiger partial charge in [-0.25, -0.2) is 14.8 Å². The molecule has 1 aliphatic carbocycles. The number of amides is 2. The summed E-state index contributed by atoms with van der Waals surface area (Å²) in [6.07, 6.45) is 11.4. The lowest BCUT2D eigenvalue weighted by molar-refractivity contribution is 0.240. The molecule has 1 saturated carbocycles. The van der Waals surface area contributed by atoms with Gasteiger partial charge in [0.05, 0.1) is 12.4 Å². The highest BCUT2D eigenvalue weighted by Gasteiger charge is 2.31. The zero-order chi connectivity index (χ0) is 31.2. The van der Waals surface area contributed by atoms with Crippen LogP contribution in [0.2, 0.25) is 0 Å². The van der Waals surface area contributed by atoms with E-state index in [0.29, 0.717) is 29.7 Å². The first-order valence-corrected chi connectivity index (χ1v) is 15.5. The molecule has 2 fully saturated rings. The monoisotopic (exact) mass is 605 g/mol. The number of benzene rings is 1. The van der Waals surface area contributed by atoms with E-state index in [1.54, 1.807) is 23.3 Å². The number of carbonyl (C=O) groups is 1. The average molecular weight is 606 g/mol. The topological polar surface area (TPSA) is 140 Å². The SMILES string of the molecule is CN1CCC(Nc2nc(NC3CCC(N(C(=O)NCc4ccccc4)c4ccc(-c5cnn(C)c5)cn4)CC3)ncc2C#N)C1. The molecule has 4 aromatic rings. The van der Waals surface area contributed by atoms with Crippen molar-refractivity contribution in [3.63, 3.8) is 0 Å². The number of hydrogen-bond donors (Lipinski definition) is 3. The van der Waals surface area contributed by atoms with Crippen LogP contribution in [0.3, 0.4) is 0 Å². The van der Waals surface area contributed by atoms with Gasteiger partial charge in [-0.05, 0) is 63.4 Å². The molecule has 1 atom stereocenters. The molecule has 1 aliphatic heterocycles. The number of aryl methyl sites for hydroxylation is 1. The lowest BCUT2D eigenvalue weighted by atomic mass is 9.90. The molecule has 2 amide bonds. The number of hydrogen-bond acceptors (Lipinski definition) is 9. The largest absolute Gasteiger partial charge is 0.365 e. The summed E-state index contributed by atoms with van der Waals surface area (Å²) in [5.41, 5.74) is 3.40. The molecule has 1 saturated heterocycles. The second kappa shape index (κ2) is 13.7. The summed E-state index contributed by atoms with van der Waals surface area (Å²) in [5.74, 6) is 1.70. The predicted molar refractivity (Wildman–Crippen MR) is 174 cm³/mol. The van der Waals surface area contributed by atoms with Crippen molar-refractivity contribution in [2.24, 2.45) is 7.05 Å². The van der Waals surface area contributed by atoms with Gasteiger partial charge >= 0.3 is 6.03 Å². The molecule has 3 aromatic heterocycles. The number of carbonyl (C=O) groups excluding carboxylic acids is 1. The molecule has 1 unspecified atom stereocenters. The van der Waals surface area contributed by atoms with Crippen molar-refractivity contribution in [3.8, 4) is 17.2 Å². The standard InChI is InChI=1S/C33H39N11O/c1-42-15-14-28(22-42)39-31-25(16-34)19-36-32(41-31)40-27-9-11-29(12-10-27)44(33(45)37-17-23-6-4-3-5-7-23)30-13-8-24(18-35-30)26-20-38-43(2)21-26/h3-8,13,18-21,27-29H,9-12,14-15,17,22H2,1-2H3,(H,37,45)(H2,36,39,40,41). The van der Waals surface area contributed by atoms with Crippen molar-refractivity contribution in [1.29, 1.82) is 5.26 Å². The molecule has 0 radical (unpaired) electrons. The summed E-state index contributed by atoms with van der Waals surface area (Å²) in [6, 6.07) is 16.2. The molecule has 1 aromatic carbocycles. The van der Waals surface area contributed by atoms with E-state index in [9.17, 15) is 10.1 Å². The Morgan fingerprint density at radius 2 is 1.78 bits per heavy atom. The van der Waals surface area contributed by atoms with E-state index in [1.165, 1.54) is 0 Å². The number of rotatable bonds is 9. The first-order chi connectivity index (χ1) is 21.9. The summed E-state index contributed by atoms with van der Waals surface area (Å²) < 4.78 is 1.76. The summed E-state index contributed by atoms with van der Waals surface area (Å²) in [5, 5.41) is 23.9. The third kappa shape index (κ3) is 7.38. The zero-order valence-corrected chi connectivity index (χ0v) is 25.7. The fourth-order valence-corrected chi connectivity index (χ4v) is 6.14. The van der Waals surface area contributed by atoms with Gasteiger partial charge in [0.15, 0.2) is 0 Å². The summed E-state index contributed by atoms with van der Waals surface area (Å²) in [7, 11) is 3.98. The fraction of sp³-hybridized carbons (Fsp3) is 0.394. The minimum absolute atomic E-state index is 0.0194. The number of nitrogens with one attached hydrogen (secondary N) is 3. The smallest absolute Gasteiger partial charge is 0.323 e. The maximum Gasteiger partial charge on any atom is 0.323 e. The molecule has 45 heavy (non-hydrogen) atoms. The average Bonchev–Trinajstić information content (AvgIpc) is 3.69. The molecular formula is C33H39N11O. The van der Waals surface area contributed by atoms with E-state index >= 15 is 0 Å². The molecular weight excluding hydrogens is 566 g/mol. The Morgan fingerprint density at radius 3 is 2.44 bits per heavy atom. The highest BCUT2D eigenvalue weighted by Crippen LogP contribution is 2.30. The van der Waals surface area contributed by atoms with Crippen molar-refractivity contribution in [1.82, 2.24) is 34.9 Å². The predicted octanol–water partition coefficient (Wildman–Crippen LogP) is 4.40. The number of urea groups is 1. The Bertz CT molecular complexity index is 1620. The van der Waals surface area contributed by atoms with Gasteiger partial charge in [0.25, 0.3) is 0 Å². The van der Waals surface area contributed by atoms with Gasteiger partial charge in [-0.1, -0.05) is 30.3 Å². The number of likely N-dealkylation sites (tertiary alicyclic amines) is 1. The molecule has 6 rings (SSSR count). The summed E-state index contributed by atoms with van der Waals surface area (Å²) >= 11 is 0. The molecule has 4 heterocycles. The Balaban J connectivity index is 1.13. The first-order valence-electron chi connectivity index (χ1n) is 15.5. The van der Waals surface area contributed by atoms with E-state index < -0.39 is 0 Å². The van der Waals surface area contributed by atoms with Gasteiger partial charge in [0, 0.05) is 61.8 Å². The van der Waals surface area contributed by atoms with E-state index in [-0.39, 0.29) is 24.2 Å². The number of anilines is 3. The van der Waals surface area contributed by atoms with Crippen molar-refractivity contribution < 1.29 is 4.79 Å². The summed E-state index contributed by atoms with van der Waals surface area (Å²) in [6.45, 7) is 2.37. The third-order valence-corrected chi connectivity index (χ3v) is 8.57. The van der Waals surface area contributed by atoms with Crippen LogP contribution in [-0.4, -0.2) is 73.9 Å². The van der Waals surface area contributed by atoms with E-state index in [1.807, 2.05) is 60.6 Å². The van der Waals surface area contributed by atoms with Gasteiger partial charge < -0.3 is 20.9 Å². The number of nitrogens with zero attached hydrogens (tertiary/aromatic N) is 8. The Morgan fingerprint density at radius 1 is 0.956 bits per heavy atom. The highest BCUT2D eigenvalue weighted by molar-refractivity contribution is 5.91. The molecule has 3 N–H and O–H groups in total. The van der Waals surface area contributed by atoms with Gasteiger partial charge in [-0.15, -0.1) is 0 Å². The maximum atomic E-state index is 13.7. The van der Waals surface area contributed by atoms with E-state index in [4.69, 9.17) is 4.98 Å².